The fraction of sp³-hybridized carbons (Fsp3) is 0.133. The highest BCUT2D eigenvalue weighted by Gasteiger charge is 2.11. The molecule has 0 radical (unpaired) electrons. The van der Waals surface area contributed by atoms with Crippen LogP contribution in [0.3, 0.4) is 0 Å². The zero-order chi connectivity index (χ0) is 14.7. The molecule has 0 fully saturated rings. The van der Waals surface area contributed by atoms with Crippen molar-refractivity contribution in [3.05, 3.63) is 52.0 Å². The lowest BCUT2D eigenvalue weighted by atomic mass is 10.1. The second kappa shape index (κ2) is 5.96. The molecule has 20 heavy (non-hydrogen) atoms. The number of nitrogens with one attached hydrogen (secondary N) is 1. The van der Waals surface area contributed by atoms with Gasteiger partial charge in [0.15, 0.2) is 0 Å². The molecule has 0 aromatic heterocycles. The first-order valence-electron chi connectivity index (χ1n) is 6.03. The van der Waals surface area contributed by atoms with E-state index in [1.54, 1.807) is 31.4 Å². The predicted molar refractivity (Wildman–Crippen MR) is 84.2 cm³/mol. The minimum Gasteiger partial charge on any atom is -0.496 e. The molecule has 0 saturated heterocycles. The number of amides is 1. The van der Waals surface area contributed by atoms with Gasteiger partial charge in [0, 0.05) is 16.9 Å². The number of hydrogen-bond acceptors (Lipinski definition) is 3. The molecule has 0 bridgehead atoms. The van der Waals surface area contributed by atoms with Crippen LogP contribution in [0.2, 0.25) is 0 Å². The lowest BCUT2D eigenvalue weighted by Crippen LogP contribution is -2.13. The Morgan fingerprint density at radius 3 is 2.70 bits per heavy atom. The van der Waals surface area contributed by atoms with E-state index in [0.717, 1.165) is 10.0 Å². The Kier molecular flexibility index (Phi) is 4.29. The third-order valence-electron chi connectivity index (χ3n) is 3.04. The van der Waals surface area contributed by atoms with Crippen LogP contribution in [0, 0.1) is 6.92 Å². The van der Waals surface area contributed by atoms with Gasteiger partial charge in [-0.1, -0.05) is 6.07 Å². The number of carbonyl (C=O) groups excluding carboxylic acids is 1. The molecule has 0 spiro atoms. The molecule has 2 aromatic rings. The summed E-state index contributed by atoms with van der Waals surface area (Å²) >= 11 is 3.36. The van der Waals surface area contributed by atoms with Crippen molar-refractivity contribution in [2.24, 2.45) is 0 Å². The van der Waals surface area contributed by atoms with E-state index in [9.17, 15) is 4.79 Å². The molecule has 0 aliphatic carbocycles. The van der Waals surface area contributed by atoms with Gasteiger partial charge in [0.05, 0.1) is 11.6 Å². The summed E-state index contributed by atoms with van der Waals surface area (Å²) in [4.78, 5) is 12.2. The molecule has 0 unspecified atom stereocenters. The zero-order valence-corrected chi connectivity index (χ0v) is 12.8. The number of anilines is 2. The molecule has 0 atom stereocenters. The Balaban J connectivity index is 2.24. The summed E-state index contributed by atoms with van der Waals surface area (Å²) in [5.74, 6) is 0.490. The first-order chi connectivity index (χ1) is 9.52. The molecule has 2 rings (SSSR count). The van der Waals surface area contributed by atoms with E-state index >= 15 is 0 Å². The molecular weight excluding hydrogens is 320 g/mol. The minimum absolute atomic E-state index is 0.193. The van der Waals surface area contributed by atoms with Gasteiger partial charge in [0.2, 0.25) is 0 Å². The van der Waals surface area contributed by atoms with Crippen molar-refractivity contribution in [2.45, 2.75) is 6.92 Å². The number of methoxy groups -OCH3 is 1. The van der Waals surface area contributed by atoms with Crippen LogP contribution in [0.5, 0.6) is 5.75 Å². The standard InChI is InChI=1S/C15H15BrN2O2/c1-9-12(17)4-3-5-13(9)18-15(19)10-6-7-14(20-2)11(16)8-10/h3-8H,17H2,1-2H3,(H,18,19). The number of rotatable bonds is 3. The number of ether oxygens (including phenoxy) is 1. The molecule has 0 aliphatic rings. The topological polar surface area (TPSA) is 64.3 Å². The van der Waals surface area contributed by atoms with Crippen LogP contribution < -0.4 is 15.8 Å². The van der Waals surface area contributed by atoms with E-state index < -0.39 is 0 Å². The van der Waals surface area contributed by atoms with Crippen molar-refractivity contribution >= 4 is 33.2 Å². The maximum atomic E-state index is 12.2. The SMILES string of the molecule is COc1ccc(C(=O)Nc2cccc(N)c2C)cc1Br. The highest BCUT2D eigenvalue weighted by Crippen LogP contribution is 2.26. The van der Waals surface area contributed by atoms with Crippen LogP contribution in [0.1, 0.15) is 15.9 Å². The Hall–Kier alpha value is -2.01. The van der Waals surface area contributed by atoms with Crippen LogP contribution in [0.15, 0.2) is 40.9 Å². The molecular formula is C15H15BrN2O2. The molecule has 4 nitrogen and oxygen atoms in total. The van der Waals surface area contributed by atoms with Crippen molar-refractivity contribution in [2.75, 3.05) is 18.2 Å². The first kappa shape index (κ1) is 14.4. The van der Waals surface area contributed by atoms with Gasteiger partial charge >= 0.3 is 0 Å². The maximum Gasteiger partial charge on any atom is 0.255 e. The minimum atomic E-state index is -0.193. The number of hydrogen-bond donors (Lipinski definition) is 2. The fourth-order valence-electron chi connectivity index (χ4n) is 1.79. The third kappa shape index (κ3) is 2.93. The second-order valence-electron chi connectivity index (χ2n) is 4.32. The highest BCUT2D eigenvalue weighted by atomic mass is 79.9. The largest absolute Gasteiger partial charge is 0.496 e. The van der Waals surface area contributed by atoms with Crippen LogP contribution in [0.4, 0.5) is 11.4 Å². The third-order valence-corrected chi connectivity index (χ3v) is 3.66. The highest BCUT2D eigenvalue weighted by molar-refractivity contribution is 9.10. The van der Waals surface area contributed by atoms with Gasteiger partial charge < -0.3 is 15.8 Å². The van der Waals surface area contributed by atoms with Gasteiger partial charge in [0.25, 0.3) is 5.91 Å². The smallest absolute Gasteiger partial charge is 0.255 e. The second-order valence-corrected chi connectivity index (χ2v) is 5.18. The summed E-state index contributed by atoms with van der Waals surface area (Å²) in [6, 6.07) is 10.6. The molecule has 3 N–H and O–H groups in total. The lowest BCUT2D eigenvalue weighted by molar-refractivity contribution is 0.102. The van der Waals surface area contributed by atoms with E-state index in [2.05, 4.69) is 21.2 Å². The van der Waals surface area contributed by atoms with Crippen LogP contribution in [-0.2, 0) is 0 Å². The Morgan fingerprint density at radius 2 is 2.05 bits per heavy atom. The summed E-state index contributed by atoms with van der Waals surface area (Å²) in [6.07, 6.45) is 0. The number of benzene rings is 2. The van der Waals surface area contributed by atoms with Gasteiger partial charge in [-0.3, -0.25) is 4.79 Å². The summed E-state index contributed by atoms with van der Waals surface area (Å²) in [7, 11) is 1.58. The molecule has 0 saturated carbocycles. The Labute approximate surface area is 126 Å². The van der Waals surface area contributed by atoms with E-state index in [0.29, 0.717) is 22.7 Å². The van der Waals surface area contributed by atoms with Crippen molar-refractivity contribution in [1.82, 2.24) is 0 Å². The molecule has 2 aromatic carbocycles. The van der Waals surface area contributed by atoms with E-state index in [-0.39, 0.29) is 5.91 Å². The maximum absolute atomic E-state index is 12.2. The molecule has 1 amide bonds. The van der Waals surface area contributed by atoms with E-state index in [1.807, 2.05) is 19.1 Å². The quantitative estimate of drug-likeness (QED) is 0.843. The number of nitrogens with two attached hydrogens (primary N) is 1. The number of halogens is 1. The van der Waals surface area contributed by atoms with E-state index in [1.165, 1.54) is 0 Å². The molecule has 0 heterocycles. The van der Waals surface area contributed by atoms with Gasteiger partial charge in [-0.05, 0) is 58.7 Å². The predicted octanol–water partition coefficient (Wildman–Crippen LogP) is 3.60. The average Bonchev–Trinajstić information content (AvgIpc) is 2.43. The van der Waals surface area contributed by atoms with Gasteiger partial charge in [-0.25, -0.2) is 0 Å². The van der Waals surface area contributed by atoms with Crippen molar-refractivity contribution in [3.8, 4) is 5.75 Å². The normalized spacial score (nSPS) is 10.2. The molecule has 0 aliphatic heterocycles. The van der Waals surface area contributed by atoms with E-state index in [4.69, 9.17) is 10.5 Å². The summed E-state index contributed by atoms with van der Waals surface area (Å²) in [6.45, 7) is 1.87. The zero-order valence-electron chi connectivity index (χ0n) is 11.2. The lowest BCUT2D eigenvalue weighted by Gasteiger charge is -2.11. The van der Waals surface area contributed by atoms with Crippen molar-refractivity contribution < 1.29 is 9.53 Å². The summed E-state index contributed by atoms with van der Waals surface area (Å²) < 4.78 is 5.87. The Bertz CT molecular complexity index is 656. The van der Waals surface area contributed by atoms with Gasteiger partial charge in [0.1, 0.15) is 5.75 Å². The van der Waals surface area contributed by atoms with Crippen LogP contribution in [0.25, 0.3) is 0 Å². The summed E-state index contributed by atoms with van der Waals surface area (Å²) in [5, 5.41) is 2.85. The van der Waals surface area contributed by atoms with Crippen molar-refractivity contribution in [1.29, 1.82) is 0 Å². The monoisotopic (exact) mass is 334 g/mol. The van der Waals surface area contributed by atoms with Crippen LogP contribution >= 0.6 is 15.9 Å². The average molecular weight is 335 g/mol. The van der Waals surface area contributed by atoms with Crippen LogP contribution in [-0.4, -0.2) is 13.0 Å². The van der Waals surface area contributed by atoms with Gasteiger partial charge in [-0.15, -0.1) is 0 Å². The molecule has 5 heteroatoms. The first-order valence-corrected chi connectivity index (χ1v) is 6.82. The van der Waals surface area contributed by atoms with Gasteiger partial charge in [-0.2, -0.15) is 0 Å². The Morgan fingerprint density at radius 1 is 1.30 bits per heavy atom. The number of carbonyl (C=O) groups is 1. The summed E-state index contributed by atoms with van der Waals surface area (Å²) in [5.41, 5.74) is 8.58. The van der Waals surface area contributed by atoms with Crippen molar-refractivity contribution in [3.63, 3.8) is 0 Å². The fourth-order valence-corrected chi connectivity index (χ4v) is 2.33. The molecule has 104 valence electrons. The number of nitrogen functional groups attached to an aromatic ring is 1.